The van der Waals surface area contributed by atoms with Gasteiger partial charge in [0.25, 0.3) is 0 Å². The van der Waals surface area contributed by atoms with Gasteiger partial charge in [-0.05, 0) is 42.7 Å². The number of hydrogen-bond acceptors (Lipinski definition) is 3. The van der Waals surface area contributed by atoms with E-state index in [1.165, 1.54) is 0 Å². The largest absolute Gasteiger partial charge is 0.240 e. The summed E-state index contributed by atoms with van der Waals surface area (Å²) < 4.78 is 27.3. The van der Waals surface area contributed by atoms with E-state index in [1.807, 2.05) is 0 Å². The summed E-state index contributed by atoms with van der Waals surface area (Å²) in [5, 5.41) is 1.16. The van der Waals surface area contributed by atoms with E-state index in [0.29, 0.717) is 16.6 Å². The van der Waals surface area contributed by atoms with Crippen LogP contribution in [0.25, 0.3) is 10.9 Å². The third-order valence-corrected chi connectivity index (χ3v) is 5.39. The second-order valence-corrected chi connectivity index (χ2v) is 7.22. The van der Waals surface area contributed by atoms with Crippen LogP contribution < -0.4 is 4.72 Å². The van der Waals surface area contributed by atoms with Crippen LogP contribution in [0.1, 0.15) is 19.8 Å². The van der Waals surface area contributed by atoms with Crippen LogP contribution in [0.5, 0.6) is 0 Å². The van der Waals surface area contributed by atoms with E-state index in [1.54, 1.807) is 30.3 Å². The summed E-state index contributed by atoms with van der Waals surface area (Å²) in [5.74, 6) is 0.478. The molecule has 1 aromatic heterocycles. The molecule has 0 bridgehead atoms. The minimum absolute atomic E-state index is 0.0871. The maximum atomic E-state index is 12.3. The topological polar surface area (TPSA) is 59.1 Å². The molecule has 1 heterocycles. The van der Waals surface area contributed by atoms with Gasteiger partial charge in [-0.3, -0.25) is 0 Å². The molecule has 1 aliphatic rings. The van der Waals surface area contributed by atoms with Crippen LogP contribution in [0.3, 0.4) is 0 Å². The van der Waals surface area contributed by atoms with Crippen LogP contribution >= 0.6 is 11.6 Å². The minimum atomic E-state index is -3.45. The van der Waals surface area contributed by atoms with Crippen LogP contribution in [-0.4, -0.2) is 19.4 Å². The number of nitrogens with zero attached hydrogens (tertiary/aromatic N) is 1. The third kappa shape index (κ3) is 2.66. The molecule has 0 saturated heterocycles. The van der Waals surface area contributed by atoms with Crippen molar-refractivity contribution in [2.45, 2.75) is 30.7 Å². The van der Waals surface area contributed by atoms with Gasteiger partial charge in [0.05, 0.1) is 10.4 Å². The van der Waals surface area contributed by atoms with Crippen LogP contribution in [0.15, 0.2) is 35.2 Å². The Labute approximate surface area is 123 Å². The monoisotopic (exact) mass is 310 g/mol. The van der Waals surface area contributed by atoms with Gasteiger partial charge in [0.15, 0.2) is 0 Å². The van der Waals surface area contributed by atoms with Gasteiger partial charge in [0, 0.05) is 11.4 Å². The molecule has 1 fully saturated rings. The molecule has 3 rings (SSSR count). The number of fused-ring (bicyclic) bond motifs is 1. The Morgan fingerprint density at radius 1 is 1.35 bits per heavy atom. The molecule has 1 aliphatic carbocycles. The zero-order chi connectivity index (χ0) is 14.3. The highest BCUT2D eigenvalue weighted by atomic mass is 35.5. The van der Waals surface area contributed by atoms with E-state index in [4.69, 9.17) is 11.6 Å². The molecule has 0 aliphatic heterocycles. The van der Waals surface area contributed by atoms with Crippen molar-refractivity contribution in [3.63, 3.8) is 0 Å². The average molecular weight is 311 g/mol. The van der Waals surface area contributed by atoms with Crippen LogP contribution in [-0.2, 0) is 10.0 Å². The zero-order valence-corrected chi connectivity index (χ0v) is 12.6. The standard InChI is InChI=1S/C14H15ClN2O2S/c1-2-9-8-13(9)17-20(18,19)11-4-5-12-10(7-11)3-6-14(15)16-12/h3-7,9,13,17H,2,8H2,1H3. The molecule has 4 nitrogen and oxygen atoms in total. The lowest BCUT2D eigenvalue weighted by molar-refractivity contribution is 0.576. The SMILES string of the molecule is CCC1CC1NS(=O)(=O)c1ccc2nc(Cl)ccc2c1. The Bertz CT molecular complexity index is 761. The quantitative estimate of drug-likeness (QED) is 0.883. The normalized spacial score (nSPS) is 22.1. The van der Waals surface area contributed by atoms with E-state index in [2.05, 4.69) is 16.6 Å². The number of nitrogens with one attached hydrogen (secondary N) is 1. The van der Waals surface area contributed by atoms with Crippen molar-refractivity contribution >= 4 is 32.5 Å². The van der Waals surface area contributed by atoms with Crippen LogP contribution in [0.2, 0.25) is 5.15 Å². The second kappa shape index (κ2) is 4.98. The number of hydrogen-bond donors (Lipinski definition) is 1. The summed E-state index contributed by atoms with van der Waals surface area (Å²) in [4.78, 5) is 4.42. The zero-order valence-electron chi connectivity index (χ0n) is 11.0. The van der Waals surface area contributed by atoms with E-state index in [-0.39, 0.29) is 10.9 Å². The Morgan fingerprint density at radius 2 is 2.15 bits per heavy atom. The highest BCUT2D eigenvalue weighted by Gasteiger charge is 2.38. The van der Waals surface area contributed by atoms with Crippen molar-refractivity contribution in [1.82, 2.24) is 9.71 Å². The molecule has 2 unspecified atom stereocenters. The minimum Gasteiger partial charge on any atom is -0.236 e. The molecule has 1 aromatic carbocycles. The molecule has 2 aromatic rings. The maximum Gasteiger partial charge on any atom is 0.240 e. The van der Waals surface area contributed by atoms with Crippen molar-refractivity contribution in [2.24, 2.45) is 5.92 Å². The first-order valence-corrected chi connectivity index (χ1v) is 8.44. The Hall–Kier alpha value is -1.17. The van der Waals surface area contributed by atoms with Gasteiger partial charge < -0.3 is 0 Å². The number of sulfonamides is 1. The predicted octanol–water partition coefficient (Wildman–Crippen LogP) is 2.97. The Balaban J connectivity index is 1.91. The van der Waals surface area contributed by atoms with Crippen LogP contribution in [0.4, 0.5) is 0 Å². The van der Waals surface area contributed by atoms with Gasteiger partial charge in [-0.2, -0.15) is 0 Å². The van der Waals surface area contributed by atoms with Gasteiger partial charge in [-0.1, -0.05) is 24.9 Å². The molecule has 6 heteroatoms. The number of halogens is 1. The first kappa shape index (κ1) is 13.8. The van der Waals surface area contributed by atoms with Crippen LogP contribution in [0, 0.1) is 5.92 Å². The summed E-state index contributed by atoms with van der Waals surface area (Å²) in [6.07, 6.45) is 1.94. The molecule has 1 saturated carbocycles. The summed E-state index contributed by atoms with van der Waals surface area (Å²) in [6, 6.07) is 8.39. The van der Waals surface area contributed by atoms with Gasteiger partial charge in [-0.25, -0.2) is 18.1 Å². The molecular formula is C14H15ClN2O2S. The average Bonchev–Trinajstić information content (AvgIpc) is 3.15. The molecule has 1 N–H and O–H groups in total. The van der Waals surface area contributed by atoms with E-state index in [0.717, 1.165) is 18.2 Å². The predicted molar refractivity (Wildman–Crippen MR) is 79.3 cm³/mol. The summed E-state index contributed by atoms with van der Waals surface area (Å²) in [6.45, 7) is 2.07. The summed E-state index contributed by atoms with van der Waals surface area (Å²) in [5.41, 5.74) is 0.689. The van der Waals surface area contributed by atoms with Crippen molar-refractivity contribution in [3.05, 3.63) is 35.5 Å². The smallest absolute Gasteiger partial charge is 0.236 e. The fourth-order valence-corrected chi connectivity index (χ4v) is 3.86. The van der Waals surface area contributed by atoms with Gasteiger partial charge in [0.1, 0.15) is 5.15 Å². The third-order valence-electron chi connectivity index (χ3n) is 3.69. The molecule has 0 amide bonds. The van der Waals surface area contributed by atoms with Crippen molar-refractivity contribution in [2.75, 3.05) is 0 Å². The van der Waals surface area contributed by atoms with Crippen molar-refractivity contribution in [1.29, 1.82) is 0 Å². The molecular weight excluding hydrogens is 296 g/mol. The lowest BCUT2D eigenvalue weighted by Crippen LogP contribution is -2.27. The summed E-state index contributed by atoms with van der Waals surface area (Å²) in [7, 11) is -3.45. The summed E-state index contributed by atoms with van der Waals surface area (Å²) >= 11 is 5.82. The molecule has 20 heavy (non-hydrogen) atoms. The van der Waals surface area contributed by atoms with Gasteiger partial charge >= 0.3 is 0 Å². The van der Waals surface area contributed by atoms with Gasteiger partial charge in [0.2, 0.25) is 10.0 Å². The molecule has 0 spiro atoms. The fraction of sp³-hybridized carbons (Fsp3) is 0.357. The number of aromatic nitrogens is 1. The van der Waals surface area contributed by atoms with E-state index in [9.17, 15) is 8.42 Å². The van der Waals surface area contributed by atoms with Crippen molar-refractivity contribution < 1.29 is 8.42 Å². The van der Waals surface area contributed by atoms with E-state index >= 15 is 0 Å². The molecule has 0 radical (unpaired) electrons. The van der Waals surface area contributed by atoms with Crippen molar-refractivity contribution in [3.8, 4) is 0 Å². The highest BCUT2D eigenvalue weighted by molar-refractivity contribution is 7.89. The number of rotatable bonds is 4. The first-order valence-electron chi connectivity index (χ1n) is 6.58. The lowest BCUT2D eigenvalue weighted by atomic mass is 10.2. The fourth-order valence-electron chi connectivity index (χ4n) is 2.36. The Kier molecular flexibility index (Phi) is 3.44. The van der Waals surface area contributed by atoms with Gasteiger partial charge in [-0.15, -0.1) is 0 Å². The maximum absolute atomic E-state index is 12.3. The first-order chi connectivity index (χ1) is 9.49. The highest BCUT2D eigenvalue weighted by Crippen LogP contribution is 2.34. The lowest BCUT2D eigenvalue weighted by Gasteiger charge is -2.07. The molecule has 2 atom stereocenters. The second-order valence-electron chi connectivity index (χ2n) is 5.12. The number of pyridine rings is 1. The van der Waals surface area contributed by atoms with E-state index < -0.39 is 10.0 Å². The molecule has 106 valence electrons. The Morgan fingerprint density at radius 3 is 2.85 bits per heavy atom. The number of benzene rings is 1.